The van der Waals surface area contributed by atoms with Crippen LogP contribution in [0.15, 0.2) is 78.6 Å². The number of cyclic esters (lactones) is 1. The van der Waals surface area contributed by atoms with Crippen molar-refractivity contribution >= 4 is 18.0 Å². The molecule has 120 valence electrons. The molecule has 2 heterocycles. The molecule has 0 spiro atoms. The lowest BCUT2D eigenvalue weighted by atomic mass is 10.1. The maximum Gasteiger partial charge on any atom is 0.408 e. The van der Waals surface area contributed by atoms with Crippen molar-refractivity contribution in [3.05, 3.63) is 84.7 Å². The summed E-state index contributed by atoms with van der Waals surface area (Å²) in [5, 5.41) is 2.76. The molecule has 0 bridgehead atoms. The number of nitrogens with one attached hydrogen (secondary N) is 1. The summed E-state index contributed by atoms with van der Waals surface area (Å²) in [6.45, 7) is 3.73. The third-order valence-electron chi connectivity index (χ3n) is 3.58. The molecule has 1 aromatic heterocycles. The highest BCUT2D eigenvalue weighted by Crippen LogP contribution is 2.25. The molecule has 0 aliphatic carbocycles. The number of carbonyl (C=O) groups excluding carboxylic acids is 1. The fourth-order valence-corrected chi connectivity index (χ4v) is 2.46. The lowest BCUT2D eigenvalue weighted by molar-refractivity contribution is 0.138. The Balaban J connectivity index is 1.84. The number of rotatable bonds is 5. The summed E-state index contributed by atoms with van der Waals surface area (Å²) in [5.74, 6) is 0. The molecule has 5 nitrogen and oxygen atoms in total. The van der Waals surface area contributed by atoms with E-state index in [2.05, 4.69) is 21.9 Å². The van der Waals surface area contributed by atoms with Gasteiger partial charge in [0, 0.05) is 29.7 Å². The SMILES string of the molecule is C=C/C=C(\N=C[C@H]1NC(=O)O[C@@H]1c1cccnc1)c1ccccc1. The number of ether oxygens (including phenoxy) is 1. The Morgan fingerprint density at radius 1 is 1.25 bits per heavy atom. The van der Waals surface area contributed by atoms with Crippen LogP contribution >= 0.6 is 0 Å². The Bertz CT molecular complexity index is 770. The number of aliphatic imine (C=N–C) groups is 1. The smallest absolute Gasteiger partial charge is 0.408 e. The predicted molar refractivity (Wildman–Crippen MR) is 93.5 cm³/mol. The molecule has 3 rings (SSSR count). The topological polar surface area (TPSA) is 63.6 Å². The van der Waals surface area contributed by atoms with Gasteiger partial charge in [-0.05, 0) is 12.1 Å². The number of aromatic nitrogens is 1. The summed E-state index contributed by atoms with van der Waals surface area (Å²) >= 11 is 0. The Hall–Kier alpha value is -3.21. The van der Waals surface area contributed by atoms with E-state index in [4.69, 9.17) is 4.74 Å². The van der Waals surface area contributed by atoms with Crippen LogP contribution in [0.4, 0.5) is 4.79 Å². The van der Waals surface area contributed by atoms with E-state index in [0.717, 1.165) is 16.8 Å². The number of hydrogen-bond donors (Lipinski definition) is 1. The summed E-state index contributed by atoms with van der Waals surface area (Å²) in [7, 11) is 0. The van der Waals surface area contributed by atoms with Gasteiger partial charge in [0.25, 0.3) is 0 Å². The first-order valence-corrected chi connectivity index (χ1v) is 7.57. The van der Waals surface area contributed by atoms with Crippen LogP contribution in [0, 0.1) is 0 Å². The predicted octanol–water partition coefficient (Wildman–Crippen LogP) is 3.53. The molecule has 24 heavy (non-hydrogen) atoms. The van der Waals surface area contributed by atoms with Crippen LogP contribution < -0.4 is 5.32 Å². The van der Waals surface area contributed by atoms with Crippen LogP contribution in [-0.4, -0.2) is 23.3 Å². The largest absolute Gasteiger partial charge is 0.439 e. The van der Waals surface area contributed by atoms with Crippen LogP contribution in [0.3, 0.4) is 0 Å². The van der Waals surface area contributed by atoms with Crippen molar-refractivity contribution in [2.75, 3.05) is 0 Å². The normalized spacial score (nSPS) is 20.7. The summed E-state index contributed by atoms with van der Waals surface area (Å²) in [6, 6.07) is 13.1. The van der Waals surface area contributed by atoms with E-state index in [1.807, 2.05) is 48.5 Å². The van der Waals surface area contributed by atoms with Crippen molar-refractivity contribution in [2.45, 2.75) is 12.1 Å². The number of benzene rings is 1. The molecule has 1 aliphatic rings. The molecule has 5 heteroatoms. The van der Waals surface area contributed by atoms with E-state index in [9.17, 15) is 4.79 Å². The second-order valence-corrected chi connectivity index (χ2v) is 5.21. The minimum Gasteiger partial charge on any atom is -0.439 e. The van der Waals surface area contributed by atoms with Crippen molar-refractivity contribution in [3.8, 4) is 0 Å². The first-order valence-electron chi connectivity index (χ1n) is 7.57. The maximum atomic E-state index is 11.6. The number of alkyl carbamates (subject to hydrolysis) is 1. The van der Waals surface area contributed by atoms with E-state index in [0.29, 0.717) is 0 Å². The number of nitrogens with zero attached hydrogens (tertiary/aromatic N) is 2. The van der Waals surface area contributed by atoms with Gasteiger partial charge in [-0.15, -0.1) is 0 Å². The average Bonchev–Trinajstić information content (AvgIpc) is 3.01. The number of pyridine rings is 1. The first-order chi connectivity index (χ1) is 11.8. The van der Waals surface area contributed by atoms with Gasteiger partial charge in [0.15, 0.2) is 6.10 Å². The minimum atomic E-state index is -0.464. The van der Waals surface area contributed by atoms with E-state index < -0.39 is 12.2 Å². The molecule has 0 saturated carbocycles. The van der Waals surface area contributed by atoms with Crippen LogP contribution in [0.5, 0.6) is 0 Å². The lowest BCUT2D eigenvalue weighted by Gasteiger charge is -2.13. The zero-order valence-corrected chi connectivity index (χ0v) is 13.0. The molecule has 1 amide bonds. The summed E-state index contributed by atoms with van der Waals surface area (Å²) in [6.07, 6.45) is 7.64. The van der Waals surface area contributed by atoms with Crippen LogP contribution in [0.2, 0.25) is 0 Å². The highest BCUT2D eigenvalue weighted by Gasteiger charge is 2.34. The molecule has 2 aromatic rings. The Morgan fingerprint density at radius 3 is 2.79 bits per heavy atom. The van der Waals surface area contributed by atoms with Crippen LogP contribution in [0.1, 0.15) is 17.2 Å². The highest BCUT2D eigenvalue weighted by molar-refractivity contribution is 5.83. The molecule has 1 saturated heterocycles. The molecule has 0 unspecified atom stereocenters. The number of hydrogen-bond acceptors (Lipinski definition) is 4. The van der Waals surface area contributed by atoms with Gasteiger partial charge in [-0.1, -0.05) is 49.1 Å². The molecule has 1 N–H and O–H groups in total. The van der Waals surface area contributed by atoms with E-state index in [-0.39, 0.29) is 6.04 Å². The monoisotopic (exact) mass is 319 g/mol. The standard InChI is InChI=1S/C19H17N3O2/c1-2-7-16(14-8-4-3-5-9-14)21-13-17-18(24-19(23)22-17)15-10-6-11-20-12-15/h2-13,17-18H,1H2,(H,22,23)/b16-7-,21-13?/t17-,18-/m1/s1. The third kappa shape index (κ3) is 3.57. The van der Waals surface area contributed by atoms with Crippen molar-refractivity contribution < 1.29 is 9.53 Å². The molecule has 0 radical (unpaired) electrons. The van der Waals surface area contributed by atoms with Crippen molar-refractivity contribution in [2.24, 2.45) is 4.99 Å². The third-order valence-corrected chi connectivity index (χ3v) is 3.58. The van der Waals surface area contributed by atoms with Crippen molar-refractivity contribution in [3.63, 3.8) is 0 Å². The highest BCUT2D eigenvalue weighted by atomic mass is 16.6. The van der Waals surface area contributed by atoms with Gasteiger partial charge in [-0.2, -0.15) is 0 Å². The van der Waals surface area contributed by atoms with Gasteiger partial charge in [-0.25, -0.2) is 4.79 Å². The fraction of sp³-hybridized carbons (Fsp3) is 0.105. The fourth-order valence-electron chi connectivity index (χ4n) is 2.46. The van der Waals surface area contributed by atoms with Crippen LogP contribution in [-0.2, 0) is 4.74 Å². The van der Waals surface area contributed by atoms with Gasteiger partial charge in [0.05, 0.1) is 5.70 Å². The first kappa shape index (κ1) is 15.7. The zero-order valence-electron chi connectivity index (χ0n) is 13.0. The van der Waals surface area contributed by atoms with E-state index in [1.165, 1.54) is 0 Å². The minimum absolute atomic E-state index is 0.362. The number of amides is 1. The van der Waals surface area contributed by atoms with Crippen LogP contribution in [0.25, 0.3) is 5.70 Å². The zero-order chi connectivity index (χ0) is 16.8. The van der Waals surface area contributed by atoms with Gasteiger partial charge in [0.1, 0.15) is 6.04 Å². The molecule has 1 aliphatic heterocycles. The van der Waals surface area contributed by atoms with E-state index >= 15 is 0 Å². The molecular weight excluding hydrogens is 302 g/mol. The molecular formula is C19H17N3O2. The van der Waals surface area contributed by atoms with Gasteiger partial charge < -0.3 is 10.1 Å². The maximum absolute atomic E-state index is 11.6. The Kier molecular flexibility index (Phi) is 4.81. The van der Waals surface area contributed by atoms with Gasteiger partial charge >= 0.3 is 6.09 Å². The second-order valence-electron chi connectivity index (χ2n) is 5.21. The molecule has 2 atom stereocenters. The number of allylic oxidation sites excluding steroid dienone is 2. The summed E-state index contributed by atoms with van der Waals surface area (Å²) < 4.78 is 5.34. The van der Waals surface area contributed by atoms with Crippen molar-refractivity contribution in [1.82, 2.24) is 10.3 Å². The lowest BCUT2D eigenvalue weighted by Crippen LogP contribution is -2.29. The van der Waals surface area contributed by atoms with Crippen molar-refractivity contribution in [1.29, 1.82) is 0 Å². The van der Waals surface area contributed by atoms with Gasteiger partial charge in [-0.3, -0.25) is 9.98 Å². The quantitative estimate of drug-likeness (QED) is 0.677. The Morgan fingerprint density at radius 2 is 2.08 bits per heavy atom. The summed E-state index contributed by atoms with van der Waals surface area (Å²) in [4.78, 5) is 20.2. The average molecular weight is 319 g/mol. The van der Waals surface area contributed by atoms with E-state index in [1.54, 1.807) is 24.7 Å². The molecule has 1 aromatic carbocycles. The van der Waals surface area contributed by atoms with Gasteiger partial charge in [0.2, 0.25) is 0 Å². The number of carbonyl (C=O) groups is 1. The summed E-state index contributed by atoms with van der Waals surface area (Å²) in [5.41, 5.74) is 2.55. The molecule has 1 fully saturated rings. The second kappa shape index (κ2) is 7.37. The Labute approximate surface area is 140 Å².